The molecular weight excluding hydrogens is 456 g/mol. The Morgan fingerprint density at radius 1 is 0.211 bits per heavy atom. The highest BCUT2D eigenvalue weighted by molar-refractivity contribution is 4.62. The smallest absolute Gasteiger partial charge is 0.0414 e. The number of hydrogen-bond acceptors (Lipinski definition) is 0. The van der Waals surface area contributed by atoms with Gasteiger partial charge in [0.25, 0.3) is 0 Å². The van der Waals surface area contributed by atoms with Crippen LogP contribution in [0.15, 0.2) is 0 Å². The van der Waals surface area contributed by atoms with E-state index in [9.17, 15) is 0 Å². The van der Waals surface area contributed by atoms with Crippen LogP contribution in [-0.4, -0.2) is 0 Å². The van der Waals surface area contributed by atoms with Crippen LogP contribution in [0.5, 0.6) is 0 Å². The molecule has 0 aromatic heterocycles. The van der Waals surface area contributed by atoms with E-state index in [0.29, 0.717) is 0 Å². The molecule has 0 amide bonds. The van der Waals surface area contributed by atoms with E-state index in [2.05, 4.69) is 20.8 Å². The van der Waals surface area contributed by atoms with Crippen molar-refractivity contribution < 1.29 is 0 Å². The Morgan fingerprint density at radius 2 is 0.368 bits per heavy atom. The first-order valence-corrected chi connectivity index (χ1v) is 18.8. The molecule has 0 heterocycles. The first kappa shape index (κ1) is 38.0. The third-order valence-corrected chi connectivity index (χ3v) is 9.15. The Morgan fingerprint density at radius 3 is 0.553 bits per heavy atom. The van der Waals surface area contributed by atoms with Gasteiger partial charge in [0.05, 0.1) is 0 Å². The average molecular weight is 535 g/mol. The largest absolute Gasteiger partial charge is 0.0654 e. The van der Waals surface area contributed by atoms with Gasteiger partial charge in [-0.3, -0.25) is 0 Å². The predicted octanol–water partition coefficient (Wildman–Crippen LogP) is 14.9. The molecule has 0 heteroatoms. The molecule has 0 aliphatic heterocycles. The Bertz CT molecular complexity index is 361. The van der Waals surface area contributed by atoms with Crippen LogP contribution in [0.3, 0.4) is 0 Å². The van der Waals surface area contributed by atoms with Gasteiger partial charge in [-0.15, -0.1) is 0 Å². The van der Waals surface area contributed by atoms with Crippen molar-refractivity contribution in [1.29, 1.82) is 0 Å². The maximum Gasteiger partial charge on any atom is -0.0414 e. The van der Waals surface area contributed by atoms with Crippen molar-refractivity contribution in [3.63, 3.8) is 0 Å². The van der Waals surface area contributed by atoms with E-state index >= 15 is 0 Å². The minimum absolute atomic E-state index is 1.04. The first-order chi connectivity index (χ1) is 18.8. The molecule has 0 unspecified atom stereocenters. The molecular formula is C38H78. The number of rotatable bonds is 34. The second-order valence-electron chi connectivity index (χ2n) is 13.1. The topological polar surface area (TPSA) is 0 Å². The van der Waals surface area contributed by atoms with Crippen LogP contribution in [0.25, 0.3) is 0 Å². The quantitative estimate of drug-likeness (QED) is 0.0720. The molecule has 0 aromatic carbocycles. The van der Waals surface area contributed by atoms with Crippen molar-refractivity contribution in [2.75, 3.05) is 0 Å². The molecule has 230 valence electrons. The fourth-order valence-electron chi connectivity index (χ4n) is 6.37. The summed E-state index contributed by atoms with van der Waals surface area (Å²) in [5.74, 6) is 1.04. The van der Waals surface area contributed by atoms with Crippen LogP contribution in [-0.2, 0) is 0 Å². The summed E-state index contributed by atoms with van der Waals surface area (Å²) in [4.78, 5) is 0. The molecule has 0 aliphatic rings. The van der Waals surface area contributed by atoms with E-state index in [1.165, 1.54) is 218 Å². The highest BCUT2D eigenvalue weighted by Crippen LogP contribution is 2.25. The van der Waals surface area contributed by atoms with Crippen LogP contribution in [0.2, 0.25) is 0 Å². The molecule has 0 nitrogen and oxygen atoms in total. The van der Waals surface area contributed by atoms with Gasteiger partial charge in [-0.05, 0) is 5.92 Å². The lowest BCUT2D eigenvalue weighted by Crippen LogP contribution is -2.01. The normalized spacial score (nSPS) is 11.7. The van der Waals surface area contributed by atoms with Crippen molar-refractivity contribution in [3.05, 3.63) is 0 Å². The van der Waals surface area contributed by atoms with Crippen molar-refractivity contribution >= 4 is 0 Å². The maximum absolute atomic E-state index is 2.32. The SMILES string of the molecule is CCCCCCCCCCCCCC(CCCCCCCCCCCC)CCCCCCCCCCCC. The average Bonchev–Trinajstić information content (AvgIpc) is 2.93. The van der Waals surface area contributed by atoms with Gasteiger partial charge in [0, 0.05) is 0 Å². The molecule has 0 aliphatic carbocycles. The Kier molecular flexibility index (Phi) is 35.0. The Hall–Kier alpha value is 0. The lowest BCUT2D eigenvalue weighted by Gasteiger charge is -2.17. The molecule has 0 N–H and O–H groups in total. The summed E-state index contributed by atoms with van der Waals surface area (Å²) in [6.07, 6.45) is 50.3. The van der Waals surface area contributed by atoms with E-state index in [1.54, 1.807) is 0 Å². The minimum atomic E-state index is 1.04. The van der Waals surface area contributed by atoms with Crippen molar-refractivity contribution in [3.8, 4) is 0 Å². The molecule has 0 radical (unpaired) electrons. The lowest BCUT2D eigenvalue weighted by atomic mass is 9.89. The van der Waals surface area contributed by atoms with Crippen molar-refractivity contribution in [2.24, 2.45) is 5.92 Å². The fourth-order valence-corrected chi connectivity index (χ4v) is 6.37. The molecule has 0 spiro atoms. The van der Waals surface area contributed by atoms with Gasteiger partial charge in [0.2, 0.25) is 0 Å². The summed E-state index contributed by atoms with van der Waals surface area (Å²) in [5.41, 5.74) is 0. The molecule has 0 saturated heterocycles. The van der Waals surface area contributed by atoms with Crippen LogP contribution in [0, 0.1) is 5.92 Å². The summed E-state index contributed by atoms with van der Waals surface area (Å²) in [7, 11) is 0. The van der Waals surface area contributed by atoms with Gasteiger partial charge in [-0.1, -0.05) is 239 Å². The molecule has 0 saturated carbocycles. The zero-order valence-corrected chi connectivity index (χ0v) is 27.6. The van der Waals surface area contributed by atoms with E-state index in [-0.39, 0.29) is 0 Å². The first-order valence-electron chi connectivity index (χ1n) is 18.8. The monoisotopic (exact) mass is 535 g/mol. The molecule has 0 rings (SSSR count). The van der Waals surface area contributed by atoms with Crippen molar-refractivity contribution in [2.45, 2.75) is 239 Å². The molecule has 0 atom stereocenters. The van der Waals surface area contributed by atoms with Gasteiger partial charge in [0.15, 0.2) is 0 Å². The van der Waals surface area contributed by atoms with Gasteiger partial charge in [-0.2, -0.15) is 0 Å². The van der Waals surface area contributed by atoms with E-state index in [1.807, 2.05) is 0 Å². The summed E-state index contributed by atoms with van der Waals surface area (Å²) < 4.78 is 0. The molecule has 0 aromatic rings. The lowest BCUT2D eigenvalue weighted by molar-refractivity contribution is 0.365. The standard InChI is InChI=1S/C38H78/c1-4-7-10-13-16-19-22-25-28-31-34-37-38(35-32-29-26-23-20-17-14-11-8-5-2)36-33-30-27-24-21-18-15-12-9-6-3/h38H,4-37H2,1-3H3. The molecule has 0 fully saturated rings. The van der Waals surface area contributed by atoms with Crippen LogP contribution >= 0.6 is 0 Å². The fraction of sp³-hybridized carbons (Fsp3) is 1.00. The summed E-state index contributed by atoms with van der Waals surface area (Å²) in [6.45, 7) is 6.96. The van der Waals surface area contributed by atoms with Crippen LogP contribution in [0.1, 0.15) is 239 Å². The van der Waals surface area contributed by atoms with Crippen LogP contribution in [0.4, 0.5) is 0 Å². The maximum atomic E-state index is 2.32. The third-order valence-electron chi connectivity index (χ3n) is 9.15. The van der Waals surface area contributed by atoms with Crippen molar-refractivity contribution in [1.82, 2.24) is 0 Å². The highest BCUT2D eigenvalue weighted by Gasteiger charge is 2.09. The summed E-state index contributed by atoms with van der Waals surface area (Å²) >= 11 is 0. The summed E-state index contributed by atoms with van der Waals surface area (Å²) in [5, 5.41) is 0. The Labute approximate surface area is 244 Å². The van der Waals surface area contributed by atoms with E-state index in [4.69, 9.17) is 0 Å². The van der Waals surface area contributed by atoms with E-state index in [0.717, 1.165) is 5.92 Å². The van der Waals surface area contributed by atoms with Crippen LogP contribution < -0.4 is 0 Å². The zero-order valence-electron chi connectivity index (χ0n) is 27.6. The predicted molar refractivity (Wildman–Crippen MR) is 177 cm³/mol. The summed E-state index contributed by atoms with van der Waals surface area (Å²) in [6, 6.07) is 0. The van der Waals surface area contributed by atoms with Gasteiger partial charge in [-0.25, -0.2) is 0 Å². The second-order valence-corrected chi connectivity index (χ2v) is 13.1. The number of unbranched alkanes of at least 4 members (excludes halogenated alkanes) is 28. The number of hydrogen-bond donors (Lipinski definition) is 0. The minimum Gasteiger partial charge on any atom is -0.0654 e. The molecule has 38 heavy (non-hydrogen) atoms. The van der Waals surface area contributed by atoms with Gasteiger partial charge >= 0.3 is 0 Å². The third kappa shape index (κ3) is 32.2. The van der Waals surface area contributed by atoms with Gasteiger partial charge in [0.1, 0.15) is 0 Å². The second kappa shape index (κ2) is 35.0. The van der Waals surface area contributed by atoms with Gasteiger partial charge < -0.3 is 0 Å². The zero-order chi connectivity index (χ0) is 27.6. The Balaban J connectivity index is 3.87. The van der Waals surface area contributed by atoms with E-state index < -0.39 is 0 Å². The molecule has 0 bridgehead atoms. The highest BCUT2D eigenvalue weighted by atomic mass is 14.1.